The van der Waals surface area contributed by atoms with Crippen molar-refractivity contribution in [2.75, 3.05) is 19.5 Å². The molecule has 1 N–H and O–H groups in total. The third kappa shape index (κ3) is 3.26. The Morgan fingerprint density at radius 2 is 1.91 bits per heavy atom. The second-order valence-corrected chi connectivity index (χ2v) is 9.08. The predicted molar refractivity (Wildman–Crippen MR) is 119 cm³/mol. The van der Waals surface area contributed by atoms with Crippen molar-refractivity contribution >= 4 is 11.7 Å². The zero-order valence-corrected chi connectivity index (χ0v) is 18.9. The molecule has 1 unspecified atom stereocenters. The molecule has 1 aliphatic heterocycles. The molecule has 1 atom stereocenters. The van der Waals surface area contributed by atoms with E-state index in [1.807, 2.05) is 37.3 Å². The van der Waals surface area contributed by atoms with Crippen LogP contribution in [0.4, 0.5) is 5.95 Å². The molecule has 2 aromatic heterocycles. The van der Waals surface area contributed by atoms with Gasteiger partial charge in [-0.05, 0) is 49.1 Å². The van der Waals surface area contributed by atoms with Crippen LogP contribution in [0.5, 0.6) is 11.5 Å². The van der Waals surface area contributed by atoms with Gasteiger partial charge in [-0.25, -0.2) is 4.68 Å². The molecule has 1 aliphatic carbocycles. The first-order valence-electron chi connectivity index (χ1n) is 10.6. The van der Waals surface area contributed by atoms with E-state index in [1.54, 1.807) is 18.9 Å². The molecular formula is C24H26N4O4. The summed E-state index contributed by atoms with van der Waals surface area (Å²) in [5, 5.41) is 8.16. The molecule has 0 saturated heterocycles. The van der Waals surface area contributed by atoms with E-state index in [-0.39, 0.29) is 11.2 Å². The number of nitrogens with one attached hydrogen (secondary N) is 1. The number of hydrogen-bond acceptors (Lipinski definition) is 7. The van der Waals surface area contributed by atoms with Gasteiger partial charge < -0.3 is 19.2 Å². The Labute approximate surface area is 186 Å². The van der Waals surface area contributed by atoms with Crippen LogP contribution >= 0.6 is 0 Å². The topological polar surface area (TPSA) is 91.4 Å². The molecule has 2 aliphatic rings. The monoisotopic (exact) mass is 434 g/mol. The van der Waals surface area contributed by atoms with E-state index in [2.05, 4.69) is 19.2 Å². The van der Waals surface area contributed by atoms with Crippen molar-refractivity contribution in [3.05, 3.63) is 53.1 Å². The summed E-state index contributed by atoms with van der Waals surface area (Å²) in [6, 6.07) is 8.90. The third-order valence-electron chi connectivity index (χ3n) is 6.00. The first kappa shape index (κ1) is 20.4. The van der Waals surface area contributed by atoms with Gasteiger partial charge in [-0.1, -0.05) is 13.8 Å². The SMILES string of the molecule is COc1ccc(-c2nc3n(n2)C(c2ccc(C)o2)C2=C(CC(C)(C)CC2=O)N3)cc1OC. The highest BCUT2D eigenvalue weighted by Gasteiger charge is 2.43. The number of hydrogen-bond donors (Lipinski definition) is 1. The third-order valence-corrected chi connectivity index (χ3v) is 6.00. The normalized spacial score (nSPS) is 19.3. The minimum atomic E-state index is -0.458. The number of allylic oxidation sites excluding steroid dienone is 2. The lowest BCUT2D eigenvalue weighted by Gasteiger charge is -2.37. The van der Waals surface area contributed by atoms with Gasteiger partial charge in [0.05, 0.1) is 14.2 Å². The second kappa shape index (κ2) is 7.25. The van der Waals surface area contributed by atoms with Gasteiger partial charge in [0.15, 0.2) is 23.1 Å². The molecule has 0 amide bonds. The summed E-state index contributed by atoms with van der Waals surface area (Å²) >= 11 is 0. The fraction of sp³-hybridized carbons (Fsp3) is 0.375. The molecule has 3 aromatic rings. The number of nitrogens with zero attached hydrogens (tertiary/aromatic N) is 3. The van der Waals surface area contributed by atoms with Crippen molar-refractivity contribution < 1.29 is 18.7 Å². The van der Waals surface area contributed by atoms with Crippen LogP contribution in [0.25, 0.3) is 11.4 Å². The molecular weight excluding hydrogens is 408 g/mol. The number of benzene rings is 1. The van der Waals surface area contributed by atoms with Gasteiger partial charge in [0.25, 0.3) is 0 Å². The van der Waals surface area contributed by atoms with Crippen LogP contribution in [0, 0.1) is 12.3 Å². The van der Waals surface area contributed by atoms with Gasteiger partial charge in [-0.15, -0.1) is 5.10 Å². The van der Waals surface area contributed by atoms with Crippen molar-refractivity contribution in [1.29, 1.82) is 0 Å². The zero-order valence-electron chi connectivity index (χ0n) is 18.9. The lowest BCUT2D eigenvalue weighted by atomic mass is 9.73. The molecule has 0 radical (unpaired) electrons. The number of Topliss-reactive ketones (excluding diaryl/α,β-unsaturated/α-hetero) is 1. The zero-order chi connectivity index (χ0) is 22.6. The average molecular weight is 434 g/mol. The van der Waals surface area contributed by atoms with E-state index >= 15 is 0 Å². The number of aryl methyl sites for hydroxylation is 1. The Kier molecular flexibility index (Phi) is 4.62. The Bertz CT molecular complexity index is 1250. The van der Waals surface area contributed by atoms with E-state index in [1.165, 1.54) is 0 Å². The van der Waals surface area contributed by atoms with Crippen molar-refractivity contribution in [3.8, 4) is 22.9 Å². The first-order chi connectivity index (χ1) is 15.3. The minimum absolute atomic E-state index is 0.108. The maximum Gasteiger partial charge on any atom is 0.227 e. The number of rotatable bonds is 4. The molecule has 0 fully saturated rings. The number of ketones is 1. The van der Waals surface area contributed by atoms with E-state index in [9.17, 15) is 4.79 Å². The highest BCUT2D eigenvalue weighted by Crippen LogP contribution is 2.46. The number of methoxy groups -OCH3 is 2. The van der Waals surface area contributed by atoms with E-state index in [4.69, 9.17) is 24.0 Å². The number of carbonyl (C=O) groups is 1. The highest BCUT2D eigenvalue weighted by atomic mass is 16.5. The number of aromatic nitrogens is 3. The van der Waals surface area contributed by atoms with E-state index < -0.39 is 6.04 Å². The summed E-state index contributed by atoms with van der Waals surface area (Å²) < 4.78 is 18.5. The number of carbonyl (C=O) groups excluding carboxylic acids is 1. The maximum atomic E-state index is 13.2. The van der Waals surface area contributed by atoms with Gasteiger partial charge in [-0.3, -0.25) is 4.79 Å². The highest BCUT2D eigenvalue weighted by molar-refractivity contribution is 6.00. The first-order valence-corrected chi connectivity index (χ1v) is 10.6. The second-order valence-electron chi connectivity index (χ2n) is 9.08. The molecule has 32 heavy (non-hydrogen) atoms. The van der Waals surface area contributed by atoms with Crippen molar-refractivity contribution in [2.45, 2.75) is 39.7 Å². The fourth-order valence-corrected chi connectivity index (χ4v) is 4.57. The predicted octanol–water partition coefficient (Wildman–Crippen LogP) is 4.52. The summed E-state index contributed by atoms with van der Waals surface area (Å²) in [4.78, 5) is 18.0. The van der Waals surface area contributed by atoms with Gasteiger partial charge in [0.1, 0.15) is 17.6 Å². The van der Waals surface area contributed by atoms with Crippen molar-refractivity contribution in [2.24, 2.45) is 5.41 Å². The molecule has 8 nitrogen and oxygen atoms in total. The number of anilines is 1. The summed E-state index contributed by atoms with van der Waals surface area (Å²) in [6.07, 6.45) is 1.24. The molecule has 0 saturated carbocycles. The minimum Gasteiger partial charge on any atom is -0.493 e. The van der Waals surface area contributed by atoms with Crippen LogP contribution in [0.15, 0.2) is 46.0 Å². The molecule has 166 valence electrons. The lowest BCUT2D eigenvalue weighted by Crippen LogP contribution is -2.36. The Balaban J connectivity index is 1.64. The summed E-state index contributed by atoms with van der Waals surface area (Å²) in [5.41, 5.74) is 2.25. The van der Waals surface area contributed by atoms with Gasteiger partial charge in [0.2, 0.25) is 5.95 Å². The largest absolute Gasteiger partial charge is 0.493 e. The number of furan rings is 1. The standard InChI is InChI=1S/C24H26N4O4/c1-13-6-8-18(32-13)21-20-15(11-24(2,3)12-16(20)29)25-23-26-22(27-28(21)23)14-7-9-17(30-4)19(10-14)31-5/h6-10,21H,11-12H2,1-5H3,(H,25,26,27). The molecule has 1 aromatic carbocycles. The van der Waals surface area contributed by atoms with Crippen LogP contribution in [0.1, 0.15) is 44.3 Å². The fourth-order valence-electron chi connectivity index (χ4n) is 4.57. The number of ether oxygens (including phenoxy) is 2. The van der Waals surface area contributed by atoms with Gasteiger partial charge in [-0.2, -0.15) is 4.98 Å². The van der Waals surface area contributed by atoms with E-state index in [0.717, 1.165) is 23.4 Å². The smallest absolute Gasteiger partial charge is 0.227 e. The van der Waals surface area contributed by atoms with Gasteiger partial charge in [0, 0.05) is 23.3 Å². The van der Waals surface area contributed by atoms with Crippen LogP contribution in [-0.2, 0) is 4.79 Å². The average Bonchev–Trinajstić information content (AvgIpc) is 3.36. The van der Waals surface area contributed by atoms with Crippen LogP contribution in [-0.4, -0.2) is 34.8 Å². The molecule has 3 heterocycles. The van der Waals surface area contributed by atoms with E-state index in [0.29, 0.717) is 41.0 Å². The van der Waals surface area contributed by atoms with Gasteiger partial charge >= 0.3 is 0 Å². The quantitative estimate of drug-likeness (QED) is 0.645. The van der Waals surface area contributed by atoms with Crippen molar-refractivity contribution in [1.82, 2.24) is 14.8 Å². The van der Waals surface area contributed by atoms with Crippen molar-refractivity contribution in [3.63, 3.8) is 0 Å². The molecule has 0 spiro atoms. The summed E-state index contributed by atoms with van der Waals surface area (Å²) in [5.74, 6) is 3.90. The Hall–Kier alpha value is -3.55. The Morgan fingerprint density at radius 1 is 1.12 bits per heavy atom. The van der Waals surface area contributed by atoms with Crippen LogP contribution in [0.3, 0.4) is 0 Å². The molecule has 8 heteroatoms. The Morgan fingerprint density at radius 3 is 2.59 bits per heavy atom. The summed E-state index contributed by atoms with van der Waals surface area (Å²) in [7, 11) is 3.19. The maximum absolute atomic E-state index is 13.2. The molecule has 0 bridgehead atoms. The number of fused-ring (bicyclic) bond motifs is 1. The van der Waals surface area contributed by atoms with Crippen LogP contribution in [0.2, 0.25) is 0 Å². The molecule has 5 rings (SSSR count). The lowest BCUT2D eigenvalue weighted by molar-refractivity contribution is -0.118. The van der Waals surface area contributed by atoms with Crippen LogP contribution < -0.4 is 14.8 Å². The summed E-state index contributed by atoms with van der Waals surface area (Å²) in [6.45, 7) is 6.11.